The molecule has 0 heterocycles. The SMILES string of the molecule is CCOc1ccc(-c2cc(Cl)ccc2Cl)cc1. The molecule has 1 nitrogen and oxygen atoms in total. The lowest BCUT2D eigenvalue weighted by Gasteiger charge is -2.07. The van der Waals surface area contributed by atoms with Crippen molar-refractivity contribution >= 4 is 23.2 Å². The smallest absolute Gasteiger partial charge is 0.119 e. The first-order chi connectivity index (χ1) is 8.20. The maximum Gasteiger partial charge on any atom is 0.119 e. The van der Waals surface area contributed by atoms with Crippen molar-refractivity contribution in [2.24, 2.45) is 0 Å². The highest BCUT2D eigenvalue weighted by Crippen LogP contribution is 2.31. The molecular formula is C14H12Cl2O. The average molecular weight is 267 g/mol. The second-order valence-corrected chi connectivity index (χ2v) is 4.43. The molecule has 3 heteroatoms. The van der Waals surface area contributed by atoms with Crippen molar-refractivity contribution < 1.29 is 4.74 Å². The predicted octanol–water partition coefficient (Wildman–Crippen LogP) is 5.06. The zero-order chi connectivity index (χ0) is 12.3. The third-order valence-corrected chi connectivity index (χ3v) is 2.97. The third kappa shape index (κ3) is 2.93. The van der Waals surface area contributed by atoms with Gasteiger partial charge in [0.25, 0.3) is 0 Å². The Morgan fingerprint density at radius 3 is 2.35 bits per heavy atom. The van der Waals surface area contributed by atoms with Crippen LogP contribution in [0.2, 0.25) is 10.0 Å². The molecule has 17 heavy (non-hydrogen) atoms. The molecule has 0 bridgehead atoms. The Balaban J connectivity index is 2.36. The van der Waals surface area contributed by atoms with Gasteiger partial charge in [0.1, 0.15) is 5.75 Å². The Labute approximate surface area is 111 Å². The molecule has 0 aliphatic heterocycles. The normalized spacial score (nSPS) is 10.3. The number of rotatable bonds is 3. The Morgan fingerprint density at radius 2 is 1.71 bits per heavy atom. The fourth-order valence-corrected chi connectivity index (χ4v) is 2.01. The Bertz CT molecular complexity index is 506. The zero-order valence-electron chi connectivity index (χ0n) is 9.41. The summed E-state index contributed by atoms with van der Waals surface area (Å²) >= 11 is 12.1. The van der Waals surface area contributed by atoms with E-state index in [-0.39, 0.29) is 0 Å². The van der Waals surface area contributed by atoms with E-state index >= 15 is 0 Å². The van der Waals surface area contributed by atoms with Crippen LogP contribution in [-0.2, 0) is 0 Å². The fourth-order valence-electron chi connectivity index (χ4n) is 1.62. The highest BCUT2D eigenvalue weighted by molar-refractivity contribution is 6.35. The van der Waals surface area contributed by atoms with Gasteiger partial charge >= 0.3 is 0 Å². The maximum absolute atomic E-state index is 6.14. The van der Waals surface area contributed by atoms with Crippen molar-refractivity contribution in [3.05, 3.63) is 52.5 Å². The number of hydrogen-bond donors (Lipinski definition) is 0. The topological polar surface area (TPSA) is 9.23 Å². The van der Waals surface area contributed by atoms with E-state index in [4.69, 9.17) is 27.9 Å². The fraction of sp³-hybridized carbons (Fsp3) is 0.143. The molecule has 0 saturated heterocycles. The van der Waals surface area contributed by atoms with Gasteiger partial charge in [0.2, 0.25) is 0 Å². The van der Waals surface area contributed by atoms with Crippen molar-refractivity contribution in [2.45, 2.75) is 6.92 Å². The molecule has 0 amide bonds. The summed E-state index contributed by atoms with van der Waals surface area (Å²) in [5, 5.41) is 1.37. The summed E-state index contributed by atoms with van der Waals surface area (Å²) in [7, 11) is 0. The molecule has 0 atom stereocenters. The maximum atomic E-state index is 6.14. The van der Waals surface area contributed by atoms with Crippen LogP contribution in [0.15, 0.2) is 42.5 Å². The Hall–Kier alpha value is -1.18. The van der Waals surface area contributed by atoms with Crippen molar-refractivity contribution in [3.8, 4) is 16.9 Å². The van der Waals surface area contributed by atoms with Gasteiger partial charge in [-0.1, -0.05) is 35.3 Å². The molecule has 2 aromatic rings. The van der Waals surface area contributed by atoms with Crippen LogP contribution >= 0.6 is 23.2 Å². The minimum Gasteiger partial charge on any atom is -0.494 e. The van der Waals surface area contributed by atoms with Gasteiger partial charge in [0.05, 0.1) is 6.61 Å². The van der Waals surface area contributed by atoms with Crippen LogP contribution in [0.3, 0.4) is 0 Å². The average Bonchev–Trinajstić information content (AvgIpc) is 2.34. The number of halogens is 2. The van der Waals surface area contributed by atoms with Crippen LogP contribution in [0.25, 0.3) is 11.1 Å². The van der Waals surface area contributed by atoms with E-state index in [2.05, 4.69) is 0 Å². The van der Waals surface area contributed by atoms with Crippen LogP contribution in [0.4, 0.5) is 0 Å². The minimum atomic E-state index is 0.664. The van der Waals surface area contributed by atoms with E-state index in [9.17, 15) is 0 Å². The van der Waals surface area contributed by atoms with Crippen molar-refractivity contribution in [1.82, 2.24) is 0 Å². The molecule has 0 aliphatic rings. The molecule has 0 spiro atoms. The highest BCUT2D eigenvalue weighted by atomic mass is 35.5. The zero-order valence-corrected chi connectivity index (χ0v) is 10.9. The Morgan fingerprint density at radius 1 is 1.00 bits per heavy atom. The molecule has 0 radical (unpaired) electrons. The summed E-state index contributed by atoms with van der Waals surface area (Å²) in [6, 6.07) is 13.2. The van der Waals surface area contributed by atoms with E-state index in [0.29, 0.717) is 16.7 Å². The molecule has 0 fully saturated rings. The van der Waals surface area contributed by atoms with E-state index < -0.39 is 0 Å². The van der Waals surface area contributed by atoms with Gasteiger partial charge in [-0.25, -0.2) is 0 Å². The molecular weight excluding hydrogens is 255 g/mol. The first kappa shape index (κ1) is 12.3. The quantitative estimate of drug-likeness (QED) is 0.755. The van der Waals surface area contributed by atoms with Crippen molar-refractivity contribution in [2.75, 3.05) is 6.61 Å². The molecule has 2 aromatic carbocycles. The van der Waals surface area contributed by atoms with Crippen LogP contribution in [0.5, 0.6) is 5.75 Å². The summed E-state index contributed by atoms with van der Waals surface area (Å²) in [6.07, 6.45) is 0. The lowest BCUT2D eigenvalue weighted by Crippen LogP contribution is -1.90. The van der Waals surface area contributed by atoms with Crippen molar-refractivity contribution in [3.63, 3.8) is 0 Å². The summed E-state index contributed by atoms with van der Waals surface area (Å²) in [5.74, 6) is 0.856. The van der Waals surface area contributed by atoms with Gasteiger partial charge < -0.3 is 4.74 Å². The third-order valence-electron chi connectivity index (χ3n) is 2.40. The summed E-state index contributed by atoms with van der Waals surface area (Å²) in [5.41, 5.74) is 1.96. The second kappa shape index (κ2) is 5.44. The number of ether oxygens (including phenoxy) is 1. The van der Waals surface area contributed by atoms with Gasteiger partial charge in [-0.3, -0.25) is 0 Å². The van der Waals surface area contributed by atoms with E-state index in [0.717, 1.165) is 16.9 Å². The summed E-state index contributed by atoms with van der Waals surface area (Å²) in [6.45, 7) is 2.62. The standard InChI is InChI=1S/C14H12Cl2O/c1-2-17-12-6-3-10(4-7-12)13-9-11(15)5-8-14(13)16/h3-9H,2H2,1H3. The highest BCUT2D eigenvalue weighted by Gasteiger charge is 2.04. The molecule has 0 unspecified atom stereocenters. The largest absolute Gasteiger partial charge is 0.494 e. The molecule has 0 saturated carbocycles. The Kier molecular flexibility index (Phi) is 3.93. The summed E-state index contributed by atoms with van der Waals surface area (Å²) in [4.78, 5) is 0. The first-order valence-electron chi connectivity index (χ1n) is 5.39. The van der Waals surface area contributed by atoms with Crippen LogP contribution in [0.1, 0.15) is 6.92 Å². The second-order valence-electron chi connectivity index (χ2n) is 3.58. The number of benzene rings is 2. The predicted molar refractivity (Wildman–Crippen MR) is 73.1 cm³/mol. The first-order valence-corrected chi connectivity index (χ1v) is 6.14. The van der Waals surface area contributed by atoms with Crippen molar-refractivity contribution in [1.29, 1.82) is 0 Å². The number of hydrogen-bond acceptors (Lipinski definition) is 1. The monoisotopic (exact) mass is 266 g/mol. The van der Waals surface area contributed by atoms with Crippen LogP contribution in [-0.4, -0.2) is 6.61 Å². The lowest BCUT2D eigenvalue weighted by atomic mass is 10.1. The molecule has 0 aliphatic carbocycles. The molecule has 0 N–H and O–H groups in total. The van der Waals surface area contributed by atoms with E-state index in [1.54, 1.807) is 12.1 Å². The van der Waals surface area contributed by atoms with Gasteiger partial charge in [-0.05, 0) is 42.8 Å². The van der Waals surface area contributed by atoms with E-state index in [1.165, 1.54) is 0 Å². The lowest BCUT2D eigenvalue weighted by molar-refractivity contribution is 0.340. The molecule has 88 valence electrons. The van der Waals surface area contributed by atoms with Gasteiger partial charge in [0, 0.05) is 15.6 Å². The summed E-state index contributed by atoms with van der Waals surface area (Å²) < 4.78 is 5.39. The van der Waals surface area contributed by atoms with Crippen LogP contribution < -0.4 is 4.74 Å². The van der Waals surface area contributed by atoms with Gasteiger partial charge in [-0.2, -0.15) is 0 Å². The minimum absolute atomic E-state index is 0.664. The van der Waals surface area contributed by atoms with Crippen LogP contribution in [0, 0.1) is 0 Å². The molecule has 2 rings (SSSR count). The molecule has 0 aromatic heterocycles. The van der Waals surface area contributed by atoms with Gasteiger partial charge in [-0.15, -0.1) is 0 Å². The van der Waals surface area contributed by atoms with E-state index in [1.807, 2.05) is 37.3 Å². The van der Waals surface area contributed by atoms with Gasteiger partial charge in [0.15, 0.2) is 0 Å².